The van der Waals surface area contributed by atoms with Crippen molar-refractivity contribution in [2.45, 2.75) is 18.2 Å². The van der Waals surface area contributed by atoms with Gasteiger partial charge in [0.25, 0.3) is 0 Å². The van der Waals surface area contributed by atoms with E-state index in [0.29, 0.717) is 19.0 Å². The number of amides is 1. The largest absolute Gasteiger partial charge is 0.368 e. The van der Waals surface area contributed by atoms with E-state index in [4.69, 9.17) is 10.2 Å². The number of aromatic nitrogens is 2. The van der Waals surface area contributed by atoms with Crippen molar-refractivity contribution in [1.82, 2.24) is 19.6 Å². The minimum absolute atomic E-state index is 0.0655. The van der Waals surface area contributed by atoms with Crippen LogP contribution < -0.4 is 14.9 Å². The Hall–Kier alpha value is -4.53. The van der Waals surface area contributed by atoms with Crippen LogP contribution in [0, 0.1) is 11.3 Å². The molecule has 0 aliphatic carbocycles. The monoisotopic (exact) mass is 555 g/mol. The summed E-state index contributed by atoms with van der Waals surface area (Å²) in [7, 11) is -3.69. The highest BCUT2D eigenvalue weighted by atomic mass is 32.2. The van der Waals surface area contributed by atoms with Gasteiger partial charge in [-0.3, -0.25) is 4.79 Å². The van der Waals surface area contributed by atoms with Crippen LogP contribution in [0.4, 0.5) is 17.3 Å². The van der Waals surface area contributed by atoms with Crippen molar-refractivity contribution in [3.8, 4) is 17.2 Å². The zero-order chi connectivity index (χ0) is 28.1. The minimum atomic E-state index is -3.69. The molecule has 0 unspecified atom stereocenters. The standard InChI is InChI=1S/C29H29N7O3S/c1-21(37)35-15-17-36(18-16-35)25-7-3-6-24(19-25)33-29-31-20-23-5-2-8-27(28(23)34-29)22-9-11-26(12-10-22)40(38,39)32-14-4-13-30/h2-3,5-12,19-20,32H,4,14-18H2,1H3,(H,31,33,34). The number of nitriles is 1. The fourth-order valence-electron chi connectivity index (χ4n) is 4.68. The van der Waals surface area contributed by atoms with Gasteiger partial charge in [-0.25, -0.2) is 23.1 Å². The Morgan fingerprint density at radius 1 is 1.02 bits per heavy atom. The molecule has 0 spiro atoms. The van der Waals surface area contributed by atoms with Crippen LogP contribution in [-0.2, 0) is 14.8 Å². The van der Waals surface area contributed by atoms with Crippen molar-refractivity contribution in [3.05, 3.63) is 72.9 Å². The van der Waals surface area contributed by atoms with Crippen molar-refractivity contribution in [2.75, 3.05) is 42.9 Å². The van der Waals surface area contributed by atoms with E-state index in [1.165, 1.54) is 0 Å². The topological polar surface area (TPSA) is 131 Å². The number of para-hydroxylation sites is 1. The molecule has 1 fully saturated rings. The molecule has 0 bridgehead atoms. The second-order valence-corrected chi connectivity index (χ2v) is 11.2. The van der Waals surface area contributed by atoms with Crippen LogP contribution in [0.1, 0.15) is 13.3 Å². The molecule has 0 saturated carbocycles. The van der Waals surface area contributed by atoms with Crippen LogP contribution in [-0.4, -0.2) is 61.9 Å². The molecule has 3 aromatic carbocycles. The third-order valence-corrected chi connectivity index (χ3v) is 8.28. The molecule has 40 heavy (non-hydrogen) atoms. The van der Waals surface area contributed by atoms with E-state index < -0.39 is 10.0 Å². The van der Waals surface area contributed by atoms with Gasteiger partial charge in [0.05, 0.1) is 16.5 Å². The quantitative estimate of drug-likeness (QED) is 0.313. The van der Waals surface area contributed by atoms with Gasteiger partial charge in [0.15, 0.2) is 0 Å². The zero-order valence-electron chi connectivity index (χ0n) is 22.0. The van der Waals surface area contributed by atoms with E-state index in [-0.39, 0.29) is 23.8 Å². The van der Waals surface area contributed by atoms with E-state index in [2.05, 4.69) is 26.0 Å². The Morgan fingerprint density at radius 3 is 2.50 bits per heavy atom. The first-order chi connectivity index (χ1) is 19.3. The normalized spacial score (nSPS) is 13.7. The maximum atomic E-state index is 12.5. The summed E-state index contributed by atoms with van der Waals surface area (Å²) in [5.74, 6) is 0.548. The second kappa shape index (κ2) is 11.7. The number of hydrogen-bond acceptors (Lipinski definition) is 8. The SMILES string of the molecule is CC(=O)N1CCN(c2cccc(Nc3ncc4cccc(-c5ccc(S(=O)(=O)NCCC#N)cc5)c4n3)c2)CC1. The highest BCUT2D eigenvalue weighted by Gasteiger charge is 2.19. The van der Waals surface area contributed by atoms with E-state index >= 15 is 0 Å². The molecule has 204 valence electrons. The van der Waals surface area contributed by atoms with Crippen LogP contribution >= 0.6 is 0 Å². The Labute approximate surface area is 233 Å². The summed E-state index contributed by atoms with van der Waals surface area (Å²) in [6.45, 7) is 4.62. The third kappa shape index (κ3) is 6.03. The molecular formula is C29H29N7O3S. The van der Waals surface area contributed by atoms with Gasteiger partial charge in [0.1, 0.15) is 0 Å². The molecule has 1 aromatic heterocycles. The summed E-state index contributed by atoms with van der Waals surface area (Å²) in [6.07, 6.45) is 1.86. The first-order valence-corrected chi connectivity index (χ1v) is 14.4. The Bertz CT molecular complexity index is 1680. The van der Waals surface area contributed by atoms with Crippen LogP contribution in [0.2, 0.25) is 0 Å². The number of nitrogens with one attached hydrogen (secondary N) is 2. The van der Waals surface area contributed by atoms with E-state index in [9.17, 15) is 13.2 Å². The number of carbonyl (C=O) groups excluding carboxylic acids is 1. The van der Waals surface area contributed by atoms with Gasteiger partial charge in [0, 0.05) is 74.6 Å². The maximum absolute atomic E-state index is 12.5. The highest BCUT2D eigenvalue weighted by molar-refractivity contribution is 7.89. The molecule has 0 radical (unpaired) electrons. The lowest BCUT2D eigenvalue weighted by atomic mass is 10.0. The Morgan fingerprint density at radius 2 is 1.77 bits per heavy atom. The average molecular weight is 556 g/mol. The predicted octanol–water partition coefficient (Wildman–Crippen LogP) is 3.90. The molecule has 0 atom stereocenters. The van der Waals surface area contributed by atoms with Gasteiger partial charge in [-0.15, -0.1) is 0 Å². The molecule has 10 nitrogen and oxygen atoms in total. The molecule has 1 aliphatic rings. The third-order valence-electron chi connectivity index (χ3n) is 6.81. The molecule has 2 heterocycles. The summed E-state index contributed by atoms with van der Waals surface area (Å²) in [5.41, 5.74) is 4.31. The lowest BCUT2D eigenvalue weighted by Gasteiger charge is -2.35. The summed E-state index contributed by atoms with van der Waals surface area (Å²) in [5, 5.41) is 12.8. The number of piperazine rings is 1. The summed E-state index contributed by atoms with van der Waals surface area (Å²) in [4.78, 5) is 25.2. The van der Waals surface area contributed by atoms with Gasteiger partial charge in [0.2, 0.25) is 21.9 Å². The van der Waals surface area contributed by atoms with Crippen molar-refractivity contribution in [1.29, 1.82) is 5.26 Å². The number of nitrogens with zero attached hydrogens (tertiary/aromatic N) is 5. The molecule has 1 aliphatic heterocycles. The Kier molecular flexibility index (Phi) is 7.91. The van der Waals surface area contributed by atoms with Crippen molar-refractivity contribution in [3.63, 3.8) is 0 Å². The van der Waals surface area contributed by atoms with Crippen molar-refractivity contribution < 1.29 is 13.2 Å². The number of sulfonamides is 1. The van der Waals surface area contributed by atoms with Gasteiger partial charge in [-0.05, 0) is 35.9 Å². The van der Waals surface area contributed by atoms with E-state index in [1.54, 1.807) is 37.4 Å². The fraction of sp³-hybridized carbons (Fsp3) is 0.241. The van der Waals surface area contributed by atoms with Crippen LogP contribution in [0.15, 0.2) is 77.8 Å². The second-order valence-electron chi connectivity index (χ2n) is 9.44. The number of anilines is 3. The molecule has 11 heteroatoms. The molecule has 1 amide bonds. The van der Waals surface area contributed by atoms with Gasteiger partial charge in [-0.2, -0.15) is 5.26 Å². The fourth-order valence-corrected chi connectivity index (χ4v) is 5.71. The first kappa shape index (κ1) is 27.1. The Balaban J connectivity index is 1.36. The lowest BCUT2D eigenvalue weighted by molar-refractivity contribution is -0.129. The molecular weight excluding hydrogens is 526 g/mol. The van der Waals surface area contributed by atoms with Crippen LogP contribution in [0.3, 0.4) is 0 Å². The van der Waals surface area contributed by atoms with Crippen LogP contribution in [0.5, 0.6) is 0 Å². The number of benzene rings is 3. The summed E-state index contributed by atoms with van der Waals surface area (Å²) < 4.78 is 27.4. The van der Waals surface area contributed by atoms with Crippen molar-refractivity contribution in [2.24, 2.45) is 0 Å². The number of fused-ring (bicyclic) bond motifs is 1. The average Bonchev–Trinajstić information content (AvgIpc) is 2.97. The van der Waals surface area contributed by atoms with Gasteiger partial charge >= 0.3 is 0 Å². The summed E-state index contributed by atoms with van der Waals surface area (Å²) >= 11 is 0. The van der Waals surface area contributed by atoms with E-state index in [0.717, 1.165) is 46.5 Å². The van der Waals surface area contributed by atoms with Crippen LogP contribution in [0.25, 0.3) is 22.0 Å². The smallest absolute Gasteiger partial charge is 0.240 e. The number of hydrogen-bond donors (Lipinski definition) is 2. The number of rotatable bonds is 8. The lowest BCUT2D eigenvalue weighted by Crippen LogP contribution is -2.48. The van der Waals surface area contributed by atoms with Gasteiger partial charge < -0.3 is 15.1 Å². The van der Waals surface area contributed by atoms with E-state index in [1.807, 2.05) is 47.4 Å². The maximum Gasteiger partial charge on any atom is 0.240 e. The molecule has 2 N–H and O–H groups in total. The highest BCUT2D eigenvalue weighted by Crippen LogP contribution is 2.29. The van der Waals surface area contributed by atoms with Crippen molar-refractivity contribution >= 4 is 44.2 Å². The molecule has 1 saturated heterocycles. The number of carbonyl (C=O) groups is 1. The molecule has 4 aromatic rings. The minimum Gasteiger partial charge on any atom is -0.368 e. The first-order valence-electron chi connectivity index (χ1n) is 12.9. The molecule has 5 rings (SSSR count). The van der Waals surface area contributed by atoms with Gasteiger partial charge in [-0.1, -0.05) is 36.4 Å². The summed E-state index contributed by atoms with van der Waals surface area (Å²) in [6, 6.07) is 22.3. The predicted molar refractivity (Wildman–Crippen MR) is 155 cm³/mol. The zero-order valence-corrected chi connectivity index (χ0v) is 22.9.